The quantitative estimate of drug-likeness (QED) is 0.904. The predicted octanol–water partition coefficient (Wildman–Crippen LogP) is 1.49. The lowest BCUT2D eigenvalue weighted by atomic mass is 10.2. The lowest BCUT2D eigenvalue weighted by Crippen LogP contribution is -2.50. The van der Waals surface area contributed by atoms with Gasteiger partial charge in [0.2, 0.25) is 17.2 Å². The maximum Gasteiger partial charge on any atom is 0.231 e. The number of piperazine rings is 1. The third kappa shape index (κ3) is 3.45. The van der Waals surface area contributed by atoms with Crippen LogP contribution in [0.4, 0.5) is 11.9 Å². The Kier molecular flexibility index (Phi) is 4.76. The van der Waals surface area contributed by atoms with Gasteiger partial charge < -0.3 is 10.2 Å². The molecule has 0 amide bonds. The molecule has 0 saturated carbocycles. The number of nitrogens with zero attached hydrogens (tertiary/aromatic N) is 5. The molecule has 1 atom stereocenters. The molecule has 2 heterocycles. The van der Waals surface area contributed by atoms with Gasteiger partial charge in [0.15, 0.2) is 0 Å². The maximum absolute atomic E-state index is 5.91. The highest BCUT2D eigenvalue weighted by molar-refractivity contribution is 6.28. The second-order valence-electron chi connectivity index (χ2n) is 4.76. The van der Waals surface area contributed by atoms with E-state index in [0.717, 1.165) is 26.2 Å². The van der Waals surface area contributed by atoms with Crippen LogP contribution < -0.4 is 10.2 Å². The van der Waals surface area contributed by atoms with Gasteiger partial charge in [-0.1, -0.05) is 6.92 Å². The number of nitrogens with one attached hydrogen (secondary N) is 1. The van der Waals surface area contributed by atoms with E-state index in [1.807, 2.05) is 0 Å². The topological polar surface area (TPSA) is 57.2 Å². The normalized spacial score (nSPS) is 18.4. The lowest BCUT2D eigenvalue weighted by molar-refractivity contribution is 0.192. The third-order valence-corrected chi connectivity index (χ3v) is 3.80. The summed E-state index contributed by atoms with van der Waals surface area (Å²) in [5, 5.41) is 3.13. The Balaban J connectivity index is 2.03. The Morgan fingerprint density at radius 1 is 1.21 bits per heavy atom. The van der Waals surface area contributed by atoms with Gasteiger partial charge in [-0.05, 0) is 24.9 Å². The van der Waals surface area contributed by atoms with Crippen LogP contribution in [-0.2, 0) is 0 Å². The summed E-state index contributed by atoms with van der Waals surface area (Å²) in [6, 6.07) is 0.636. The highest BCUT2D eigenvalue weighted by Crippen LogP contribution is 2.16. The minimum Gasteiger partial charge on any atom is -0.357 e. The van der Waals surface area contributed by atoms with E-state index >= 15 is 0 Å². The van der Waals surface area contributed by atoms with Crippen molar-refractivity contribution in [3.63, 3.8) is 0 Å². The van der Waals surface area contributed by atoms with Gasteiger partial charge in [-0.2, -0.15) is 15.0 Å². The van der Waals surface area contributed by atoms with Crippen molar-refractivity contribution in [1.82, 2.24) is 19.9 Å². The van der Waals surface area contributed by atoms with Crippen LogP contribution >= 0.6 is 11.6 Å². The number of hydrogen-bond acceptors (Lipinski definition) is 6. The van der Waals surface area contributed by atoms with Crippen molar-refractivity contribution in [2.24, 2.45) is 0 Å². The van der Waals surface area contributed by atoms with Crippen LogP contribution in [0.25, 0.3) is 0 Å². The molecule has 1 aliphatic heterocycles. The number of aromatic nitrogens is 3. The fourth-order valence-electron chi connectivity index (χ4n) is 2.21. The van der Waals surface area contributed by atoms with Gasteiger partial charge in [-0.25, -0.2) is 0 Å². The Labute approximate surface area is 119 Å². The van der Waals surface area contributed by atoms with Gasteiger partial charge in [0.1, 0.15) is 0 Å². The van der Waals surface area contributed by atoms with Crippen molar-refractivity contribution in [3.05, 3.63) is 5.28 Å². The minimum atomic E-state index is 0.235. The first-order valence-electron chi connectivity index (χ1n) is 6.72. The molecule has 7 heteroatoms. The van der Waals surface area contributed by atoms with Crippen molar-refractivity contribution < 1.29 is 0 Å². The first-order chi connectivity index (χ1) is 9.13. The van der Waals surface area contributed by atoms with Crippen LogP contribution in [0.5, 0.6) is 0 Å². The Bertz CT molecular complexity index is 419. The molecule has 1 aromatic heterocycles. The zero-order valence-corrected chi connectivity index (χ0v) is 12.5. The third-order valence-electron chi connectivity index (χ3n) is 3.63. The molecular formula is C12H21ClN6. The average Bonchev–Trinajstić information content (AvgIpc) is 2.46. The first-order valence-corrected chi connectivity index (χ1v) is 7.10. The van der Waals surface area contributed by atoms with Crippen molar-refractivity contribution in [3.8, 4) is 0 Å². The van der Waals surface area contributed by atoms with Crippen LogP contribution in [0.3, 0.4) is 0 Å². The summed E-state index contributed by atoms with van der Waals surface area (Å²) >= 11 is 5.91. The number of halogens is 1. The molecule has 0 aromatic carbocycles. The standard InChI is InChI=1S/C12H21ClN6/c1-4-9(2)18-5-7-19(8-6-18)12-16-10(13)15-11(14-3)17-12/h9H,4-8H2,1-3H3,(H,14,15,16,17). The highest BCUT2D eigenvalue weighted by atomic mass is 35.5. The molecule has 1 aliphatic rings. The molecule has 1 aromatic rings. The molecule has 0 spiro atoms. The predicted molar refractivity (Wildman–Crippen MR) is 77.9 cm³/mol. The fraction of sp³-hybridized carbons (Fsp3) is 0.750. The van der Waals surface area contributed by atoms with Crippen molar-refractivity contribution in [1.29, 1.82) is 0 Å². The molecule has 1 saturated heterocycles. The molecule has 0 bridgehead atoms. The summed E-state index contributed by atoms with van der Waals surface area (Å²) in [6.07, 6.45) is 1.18. The molecule has 1 N–H and O–H groups in total. The number of hydrogen-bond donors (Lipinski definition) is 1. The zero-order chi connectivity index (χ0) is 13.8. The van der Waals surface area contributed by atoms with Gasteiger partial charge in [0.25, 0.3) is 0 Å². The largest absolute Gasteiger partial charge is 0.357 e. The van der Waals surface area contributed by atoms with Gasteiger partial charge in [0.05, 0.1) is 0 Å². The van der Waals surface area contributed by atoms with E-state index in [1.165, 1.54) is 6.42 Å². The van der Waals surface area contributed by atoms with Gasteiger partial charge in [0, 0.05) is 39.3 Å². The first kappa shape index (κ1) is 14.3. The van der Waals surface area contributed by atoms with Gasteiger partial charge in [-0.15, -0.1) is 0 Å². The molecule has 19 heavy (non-hydrogen) atoms. The average molecular weight is 285 g/mol. The van der Waals surface area contributed by atoms with Crippen LogP contribution in [0.15, 0.2) is 0 Å². The minimum absolute atomic E-state index is 0.235. The van der Waals surface area contributed by atoms with Crippen LogP contribution in [0.2, 0.25) is 5.28 Å². The summed E-state index contributed by atoms with van der Waals surface area (Å²) in [7, 11) is 1.77. The van der Waals surface area contributed by atoms with Crippen molar-refractivity contribution in [2.45, 2.75) is 26.3 Å². The molecule has 6 nitrogen and oxygen atoms in total. The second kappa shape index (κ2) is 6.34. The zero-order valence-electron chi connectivity index (χ0n) is 11.7. The summed E-state index contributed by atoms with van der Waals surface area (Å²) in [5.41, 5.74) is 0. The fourth-order valence-corrected chi connectivity index (χ4v) is 2.37. The molecule has 1 unspecified atom stereocenters. The van der Waals surface area contributed by atoms with E-state index < -0.39 is 0 Å². The number of rotatable bonds is 4. The van der Waals surface area contributed by atoms with Gasteiger partial charge in [-0.3, -0.25) is 4.90 Å². The molecule has 106 valence electrons. The van der Waals surface area contributed by atoms with Crippen molar-refractivity contribution >= 4 is 23.5 Å². The van der Waals surface area contributed by atoms with E-state index in [0.29, 0.717) is 17.9 Å². The van der Waals surface area contributed by atoms with Crippen molar-refractivity contribution in [2.75, 3.05) is 43.4 Å². The molecule has 0 aliphatic carbocycles. The lowest BCUT2D eigenvalue weighted by Gasteiger charge is -2.37. The smallest absolute Gasteiger partial charge is 0.231 e. The van der Waals surface area contributed by atoms with E-state index in [2.05, 4.69) is 43.9 Å². The van der Waals surface area contributed by atoms with Crippen LogP contribution in [0.1, 0.15) is 20.3 Å². The Hall–Kier alpha value is -1.14. The van der Waals surface area contributed by atoms with E-state index in [4.69, 9.17) is 11.6 Å². The summed E-state index contributed by atoms with van der Waals surface area (Å²) in [6.45, 7) is 8.42. The van der Waals surface area contributed by atoms with E-state index in [1.54, 1.807) is 7.05 Å². The summed E-state index contributed by atoms with van der Waals surface area (Å²) in [5.74, 6) is 1.17. The van der Waals surface area contributed by atoms with Crippen LogP contribution in [0, 0.1) is 0 Å². The van der Waals surface area contributed by atoms with E-state index in [9.17, 15) is 0 Å². The monoisotopic (exact) mass is 284 g/mol. The highest BCUT2D eigenvalue weighted by Gasteiger charge is 2.22. The second-order valence-corrected chi connectivity index (χ2v) is 5.10. The maximum atomic E-state index is 5.91. The van der Waals surface area contributed by atoms with Gasteiger partial charge >= 0.3 is 0 Å². The summed E-state index contributed by atoms with van der Waals surface area (Å²) < 4.78 is 0. The summed E-state index contributed by atoms with van der Waals surface area (Å²) in [4.78, 5) is 17.2. The van der Waals surface area contributed by atoms with Crippen LogP contribution in [-0.4, -0.2) is 59.1 Å². The number of anilines is 2. The SMILES string of the molecule is CCC(C)N1CCN(c2nc(Cl)nc(NC)n2)CC1. The molecule has 1 fully saturated rings. The molecule has 2 rings (SSSR count). The Morgan fingerprint density at radius 3 is 2.47 bits per heavy atom. The van der Waals surface area contributed by atoms with E-state index in [-0.39, 0.29) is 5.28 Å². The molecule has 0 radical (unpaired) electrons. The Morgan fingerprint density at radius 2 is 1.89 bits per heavy atom. The molecular weight excluding hydrogens is 264 g/mol.